The average Bonchev–Trinajstić information content (AvgIpc) is 2.75. The van der Waals surface area contributed by atoms with E-state index >= 15 is 0 Å². The van der Waals surface area contributed by atoms with Crippen LogP contribution >= 0.6 is 11.3 Å². The second-order valence-corrected chi connectivity index (χ2v) is 4.34. The number of nitrogens with one attached hydrogen (secondary N) is 1. The molecule has 1 amide bonds. The Labute approximate surface area is 93.9 Å². The van der Waals surface area contributed by atoms with Crippen molar-refractivity contribution in [3.05, 3.63) is 16.6 Å². The highest BCUT2D eigenvalue weighted by Crippen LogP contribution is 2.06. The number of hydrogen-bond acceptors (Lipinski definition) is 4. The highest BCUT2D eigenvalue weighted by atomic mass is 32.1. The van der Waals surface area contributed by atoms with Gasteiger partial charge in [-0.2, -0.15) is 0 Å². The van der Waals surface area contributed by atoms with Gasteiger partial charge in [-0.15, -0.1) is 11.3 Å². The van der Waals surface area contributed by atoms with Crippen molar-refractivity contribution < 1.29 is 4.79 Å². The zero-order valence-electron chi connectivity index (χ0n) is 8.90. The summed E-state index contributed by atoms with van der Waals surface area (Å²) in [6.45, 7) is 2.98. The molecule has 0 fully saturated rings. The van der Waals surface area contributed by atoms with E-state index in [9.17, 15) is 4.79 Å². The molecule has 0 aliphatic heterocycles. The minimum absolute atomic E-state index is 0.0366. The highest BCUT2D eigenvalue weighted by Gasteiger charge is 2.15. The number of aromatic nitrogens is 1. The van der Waals surface area contributed by atoms with Gasteiger partial charge in [-0.25, -0.2) is 4.98 Å². The van der Waals surface area contributed by atoms with E-state index in [0.717, 1.165) is 17.8 Å². The van der Waals surface area contributed by atoms with Crippen molar-refractivity contribution >= 4 is 17.2 Å². The molecule has 0 saturated heterocycles. The van der Waals surface area contributed by atoms with Crippen LogP contribution in [0.1, 0.15) is 24.8 Å². The van der Waals surface area contributed by atoms with E-state index in [-0.39, 0.29) is 11.8 Å². The number of carbonyl (C=O) groups excluding carboxylic acids is 1. The first-order chi connectivity index (χ1) is 7.27. The van der Waals surface area contributed by atoms with Gasteiger partial charge in [0.1, 0.15) is 5.01 Å². The molecule has 0 aromatic carbocycles. The fraction of sp³-hybridized carbons (Fsp3) is 0.600. The van der Waals surface area contributed by atoms with Gasteiger partial charge in [-0.3, -0.25) is 4.79 Å². The van der Waals surface area contributed by atoms with Crippen LogP contribution < -0.4 is 11.1 Å². The van der Waals surface area contributed by atoms with E-state index in [1.54, 1.807) is 17.5 Å². The Balaban J connectivity index is 2.34. The fourth-order valence-electron chi connectivity index (χ4n) is 1.35. The van der Waals surface area contributed by atoms with E-state index in [1.165, 1.54) is 0 Å². The van der Waals surface area contributed by atoms with Gasteiger partial charge in [-0.05, 0) is 6.42 Å². The Morgan fingerprint density at radius 1 is 1.73 bits per heavy atom. The van der Waals surface area contributed by atoms with Gasteiger partial charge in [-0.1, -0.05) is 13.3 Å². The first kappa shape index (κ1) is 12.1. The fourth-order valence-corrected chi connectivity index (χ4v) is 1.91. The SMILES string of the molecule is CCCC(CN)C(=O)NCc1nccs1. The number of hydrogen-bond donors (Lipinski definition) is 2. The van der Waals surface area contributed by atoms with Gasteiger partial charge in [0.05, 0.1) is 12.5 Å². The molecule has 0 radical (unpaired) electrons. The quantitative estimate of drug-likeness (QED) is 0.765. The van der Waals surface area contributed by atoms with Gasteiger partial charge in [0.2, 0.25) is 5.91 Å². The number of carbonyl (C=O) groups is 1. The van der Waals surface area contributed by atoms with Gasteiger partial charge in [0.15, 0.2) is 0 Å². The summed E-state index contributed by atoms with van der Waals surface area (Å²) in [5.74, 6) is -0.0236. The largest absolute Gasteiger partial charge is 0.349 e. The van der Waals surface area contributed by atoms with Crippen LogP contribution in [0.25, 0.3) is 0 Å². The van der Waals surface area contributed by atoms with E-state index in [2.05, 4.69) is 17.2 Å². The Bertz CT molecular complexity index is 287. The molecule has 1 atom stereocenters. The van der Waals surface area contributed by atoms with Crippen molar-refractivity contribution in [2.75, 3.05) is 6.54 Å². The number of nitrogens with two attached hydrogens (primary N) is 1. The van der Waals surface area contributed by atoms with Gasteiger partial charge < -0.3 is 11.1 Å². The molecular formula is C10H17N3OS. The van der Waals surface area contributed by atoms with Crippen molar-refractivity contribution in [2.45, 2.75) is 26.3 Å². The molecule has 0 spiro atoms. The maximum Gasteiger partial charge on any atom is 0.224 e. The minimum atomic E-state index is -0.0602. The smallest absolute Gasteiger partial charge is 0.224 e. The third-order valence-electron chi connectivity index (χ3n) is 2.19. The molecule has 84 valence electrons. The molecule has 0 bridgehead atoms. The van der Waals surface area contributed by atoms with Gasteiger partial charge in [0.25, 0.3) is 0 Å². The normalized spacial score (nSPS) is 12.4. The summed E-state index contributed by atoms with van der Waals surface area (Å²) in [5.41, 5.74) is 5.53. The highest BCUT2D eigenvalue weighted by molar-refractivity contribution is 7.09. The Morgan fingerprint density at radius 3 is 3.07 bits per heavy atom. The molecule has 1 rings (SSSR count). The first-order valence-corrected chi connectivity index (χ1v) is 6.02. The van der Waals surface area contributed by atoms with E-state index in [4.69, 9.17) is 5.73 Å². The summed E-state index contributed by atoms with van der Waals surface area (Å²) in [6, 6.07) is 0. The van der Waals surface area contributed by atoms with Crippen LogP contribution in [0.3, 0.4) is 0 Å². The Kier molecular flexibility index (Phi) is 5.28. The number of amides is 1. The zero-order chi connectivity index (χ0) is 11.1. The summed E-state index contributed by atoms with van der Waals surface area (Å²) >= 11 is 1.54. The molecule has 3 N–H and O–H groups in total. The zero-order valence-corrected chi connectivity index (χ0v) is 9.72. The molecule has 1 aromatic heterocycles. The molecule has 5 heteroatoms. The van der Waals surface area contributed by atoms with E-state index in [1.807, 2.05) is 5.38 Å². The van der Waals surface area contributed by atoms with Gasteiger partial charge in [0, 0.05) is 18.1 Å². The number of thiazole rings is 1. The Hall–Kier alpha value is -0.940. The van der Waals surface area contributed by atoms with Crippen LogP contribution in [0.2, 0.25) is 0 Å². The number of nitrogens with zero attached hydrogens (tertiary/aromatic N) is 1. The molecule has 0 saturated carbocycles. The third-order valence-corrected chi connectivity index (χ3v) is 2.97. The standard InChI is InChI=1S/C10H17N3OS/c1-2-3-8(6-11)10(14)13-7-9-12-4-5-15-9/h4-5,8H,2-3,6-7,11H2,1H3,(H,13,14). The molecule has 15 heavy (non-hydrogen) atoms. The summed E-state index contributed by atoms with van der Waals surface area (Å²) in [5, 5.41) is 5.67. The molecule has 1 unspecified atom stereocenters. The average molecular weight is 227 g/mol. The van der Waals surface area contributed by atoms with Crippen molar-refractivity contribution in [1.82, 2.24) is 10.3 Å². The van der Waals surface area contributed by atoms with Crippen LogP contribution in [-0.4, -0.2) is 17.4 Å². The summed E-state index contributed by atoms with van der Waals surface area (Å²) < 4.78 is 0. The van der Waals surface area contributed by atoms with Crippen LogP contribution in [0.4, 0.5) is 0 Å². The van der Waals surface area contributed by atoms with Crippen LogP contribution in [0.15, 0.2) is 11.6 Å². The topological polar surface area (TPSA) is 68.0 Å². The second-order valence-electron chi connectivity index (χ2n) is 3.36. The van der Waals surface area contributed by atoms with Gasteiger partial charge >= 0.3 is 0 Å². The lowest BCUT2D eigenvalue weighted by Crippen LogP contribution is -2.34. The Morgan fingerprint density at radius 2 is 2.53 bits per heavy atom. The van der Waals surface area contributed by atoms with Crippen molar-refractivity contribution in [1.29, 1.82) is 0 Å². The van der Waals surface area contributed by atoms with E-state index < -0.39 is 0 Å². The predicted molar refractivity (Wildman–Crippen MR) is 61.4 cm³/mol. The molecular weight excluding hydrogens is 210 g/mol. The van der Waals surface area contributed by atoms with E-state index in [0.29, 0.717) is 13.1 Å². The van der Waals surface area contributed by atoms with Crippen molar-refractivity contribution in [3.63, 3.8) is 0 Å². The molecule has 1 heterocycles. The second kappa shape index (κ2) is 6.53. The molecule has 0 aliphatic rings. The minimum Gasteiger partial charge on any atom is -0.349 e. The summed E-state index contributed by atoms with van der Waals surface area (Å²) in [7, 11) is 0. The monoisotopic (exact) mass is 227 g/mol. The predicted octanol–water partition coefficient (Wildman–Crippen LogP) is 1.13. The van der Waals surface area contributed by atoms with Crippen molar-refractivity contribution in [3.8, 4) is 0 Å². The van der Waals surface area contributed by atoms with Crippen LogP contribution in [0.5, 0.6) is 0 Å². The van der Waals surface area contributed by atoms with Crippen LogP contribution in [0, 0.1) is 5.92 Å². The lowest BCUT2D eigenvalue weighted by Gasteiger charge is -2.12. The lowest BCUT2D eigenvalue weighted by atomic mass is 10.0. The summed E-state index contributed by atoms with van der Waals surface area (Å²) in [6.07, 6.45) is 3.56. The maximum atomic E-state index is 11.6. The summed E-state index contributed by atoms with van der Waals surface area (Å²) in [4.78, 5) is 15.7. The maximum absolute atomic E-state index is 11.6. The molecule has 4 nitrogen and oxygen atoms in total. The number of rotatable bonds is 6. The third kappa shape index (κ3) is 3.97. The van der Waals surface area contributed by atoms with Crippen molar-refractivity contribution in [2.24, 2.45) is 11.7 Å². The molecule has 0 aliphatic carbocycles. The molecule has 1 aromatic rings. The first-order valence-electron chi connectivity index (χ1n) is 5.14. The van der Waals surface area contributed by atoms with Crippen LogP contribution in [-0.2, 0) is 11.3 Å². The lowest BCUT2D eigenvalue weighted by molar-refractivity contribution is -0.125.